The largest absolute Gasteiger partial charge is 0.388 e. The highest BCUT2D eigenvalue weighted by atomic mass is 16.5. The summed E-state index contributed by atoms with van der Waals surface area (Å²) < 4.78 is 5.40. The lowest BCUT2D eigenvalue weighted by Crippen LogP contribution is -2.36. The van der Waals surface area contributed by atoms with Gasteiger partial charge in [0.05, 0.1) is 25.1 Å². The van der Waals surface area contributed by atoms with Gasteiger partial charge < -0.3 is 19.6 Å². The molecular weight excluding hydrogens is 318 g/mol. The SMILES string of the molecule is OCc1ncc2c(n1)N(c1ccc(N3CCOCC3)nc1)CC21CC1. The minimum absolute atomic E-state index is 0.137. The molecule has 7 heteroatoms. The van der Waals surface area contributed by atoms with Crippen LogP contribution in [0.25, 0.3) is 0 Å². The molecule has 1 aliphatic carbocycles. The fourth-order valence-electron chi connectivity index (χ4n) is 3.84. The van der Waals surface area contributed by atoms with Crippen LogP contribution in [-0.2, 0) is 16.8 Å². The lowest BCUT2D eigenvalue weighted by atomic mass is 10.0. The van der Waals surface area contributed by atoms with Crippen molar-refractivity contribution in [2.75, 3.05) is 42.6 Å². The Hall–Kier alpha value is -2.25. The van der Waals surface area contributed by atoms with Crippen molar-refractivity contribution < 1.29 is 9.84 Å². The number of aromatic nitrogens is 3. The molecule has 4 heterocycles. The first kappa shape index (κ1) is 15.0. The van der Waals surface area contributed by atoms with Crippen LogP contribution in [0.4, 0.5) is 17.3 Å². The molecule has 1 N–H and O–H groups in total. The Labute approximate surface area is 146 Å². The van der Waals surface area contributed by atoms with Crippen molar-refractivity contribution >= 4 is 17.3 Å². The van der Waals surface area contributed by atoms with Crippen LogP contribution in [0.3, 0.4) is 0 Å². The molecular formula is C18H21N5O2. The van der Waals surface area contributed by atoms with Gasteiger partial charge in [-0.1, -0.05) is 0 Å². The number of ether oxygens (including phenoxy) is 1. The number of aliphatic hydroxyl groups is 1. The van der Waals surface area contributed by atoms with E-state index < -0.39 is 0 Å². The number of hydrogen-bond acceptors (Lipinski definition) is 7. The van der Waals surface area contributed by atoms with E-state index in [9.17, 15) is 5.11 Å². The first-order valence-corrected chi connectivity index (χ1v) is 8.83. The molecule has 130 valence electrons. The van der Waals surface area contributed by atoms with Gasteiger partial charge in [-0.15, -0.1) is 0 Å². The van der Waals surface area contributed by atoms with Crippen LogP contribution in [0, 0.1) is 0 Å². The minimum atomic E-state index is -0.137. The summed E-state index contributed by atoms with van der Waals surface area (Å²) in [6, 6.07) is 4.19. The van der Waals surface area contributed by atoms with E-state index in [0.29, 0.717) is 5.82 Å². The molecule has 7 nitrogen and oxygen atoms in total. The molecule has 2 aromatic rings. The molecule has 0 bridgehead atoms. The smallest absolute Gasteiger partial charge is 0.156 e. The average Bonchev–Trinajstić information content (AvgIpc) is 3.39. The Morgan fingerprint density at radius 1 is 1.12 bits per heavy atom. The van der Waals surface area contributed by atoms with Crippen molar-refractivity contribution in [2.24, 2.45) is 0 Å². The maximum Gasteiger partial charge on any atom is 0.156 e. The molecule has 0 aromatic carbocycles. The van der Waals surface area contributed by atoms with Crippen LogP contribution in [-0.4, -0.2) is 52.9 Å². The van der Waals surface area contributed by atoms with Crippen molar-refractivity contribution in [1.29, 1.82) is 0 Å². The Bertz CT molecular complexity index is 785. The lowest BCUT2D eigenvalue weighted by Gasteiger charge is -2.28. The first-order chi connectivity index (χ1) is 12.3. The zero-order valence-corrected chi connectivity index (χ0v) is 14.1. The van der Waals surface area contributed by atoms with Gasteiger partial charge in [-0.25, -0.2) is 15.0 Å². The Balaban J connectivity index is 1.46. The zero-order valence-electron chi connectivity index (χ0n) is 14.1. The topological polar surface area (TPSA) is 74.6 Å². The molecule has 1 saturated carbocycles. The summed E-state index contributed by atoms with van der Waals surface area (Å²) in [4.78, 5) is 18.0. The highest BCUT2D eigenvalue weighted by Crippen LogP contribution is 2.57. The van der Waals surface area contributed by atoms with Crippen LogP contribution in [0.5, 0.6) is 0 Å². The van der Waals surface area contributed by atoms with Crippen molar-refractivity contribution in [3.8, 4) is 0 Å². The number of morpholine rings is 1. The monoisotopic (exact) mass is 339 g/mol. The van der Waals surface area contributed by atoms with Crippen LogP contribution >= 0.6 is 0 Å². The number of hydrogen-bond donors (Lipinski definition) is 1. The molecule has 2 aromatic heterocycles. The van der Waals surface area contributed by atoms with E-state index in [2.05, 4.69) is 36.9 Å². The maximum atomic E-state index is 9.38. The molecule has 0 radical (unpaired) electrons. The molecule has 0 atom stereocenters. The van der Waals surface area contributed by atoms with Gasteiger partial charge in [0.25, 0.3) is 0 Å². The minimum Gasteiger partial charge on any atom is -0.388 e. The van der Waals surface area contributed by atoms with E-state index in [1.165, 1.54) is 18.4 Å². The third kappa shape index (κ3) is 2.46. The Kier molecular flexibility index (Phi) is 3.39. The first-order valence-electron chi connectivity index (χ1n) is 8.83. The summed E-state index contributed by atoms with van der Waals surface area (Å²) in [5.74, 6) is 2.39. The van der Waals surface area contributed by atoms with Crippen LogP contribution in [0.1, 0.15) is 24.2 Å². The molecule has 2 fully saturated rings. The van der Waals surface area contributed by atoms with Crippen molar-refractivity contribution in [2.45, 2.75) is 24.9 Å². The van der Waals surface area contributed by atoms with Gasteiger partial charge in [-0.3, -0.25) is 0 Å². The van der Waals surface area contributed by atoms with Gasteiger partial charge in [0.15, 0.2) is 5.82 Å². The van der Waals surface area contributed by atoms with Crippen LogP contribution < -0.4 is 9.80 Å². The zero-order chi connectivity index (χ0) is 16.9. The second kappa shape index (κ2) is 5.64. The Morgan fingerprint density at radius 2 is 1.96 bits per heavy atom. The predicted octanol–water partition coefficient (Wildman–Crippen LogP) is 1.38. The van der Waals surface area contributed by atoms with Crippen molar-refractivity contribution in [3.63, 3.8) is 0 Å². The van der Waals surface area contributed by atoms with Gasteiger partial charge in [0, 0.05) is 36.8 Å². The standard InChI is InChI=1S/C18H21N5O2/c24-11-15-19-10-14-17(21-15)23(12-18(14)3-4-18)13-1-2-16(20-9-13)22-5-7-25-8-6-22/h1-2,9-10,24H,3-8,11-12H2. The summed E-state index contributed by atoms with van der Waals surface area (Å²) in [5.41, 5.74) is 2.46. The van der Waals surface area contributed by atoms with Gasteiger partial charge in [-0.05, 0) is 25.0 Å². The molecule has 0 amide bonds. The number of aliphatic hydroxyl groups excluding tert-OH is 1. The maximum absolute atomic E-state index is 9.38. The predicted molar refractivity (Wildman–Crippen MR) is 93.1 cm³/mol. The van der Waals surface area contributed by atoms with Gasteiger partial charge >= 0.3 is 0 Å². The quantitative estimate of drug-likeness (QED) is 0.905. The van der Waals surface area contributed by atoms with Gasteiger partial charge in [-0.2, -0.15) is 0 Å². The van der Waals surface area contributed by atoms with E-state index in [-0.39, 0.29) is 12.0 Å². The molecule has 3 aliphatic rings. The van der Waals surface area contributed by atoms with Gasteiger partial charge in [0.2, 0.25) is 0 Å². The molecule has 1 saturated heterocycles. The number of nitrogens with zero attached hydrogens (tertiary/aromatic N) is 5. The Morgan fingerprint density at radius 3 is 2.64 bits per heavy atom. The number of rotatable bonds is 3. The summed E-state index contributed by atoms with van der Waals surface area (Å²) in [6.07, 6.45) is 6.18. The fraction of sp³-hybridized carbons (Fsp3) is 0.500. The molecule has 0 unspecified atom stereocenters. The van der Waals surface area contributed by atoms with E-state index in [4.69, 9.17) is 4.74 Å². The molecule has 5 rings (SSSR count). The van der Waals surface area contributed by atoms with Crippen LogP contribution in [0.2, 0.25) is 0 Å². The fourth-order valence-corrected chi connectivity index (χ4v) is 3.84. The van der Waals surface area contributed by atoms with E-state index in [1.54, 1.807) is 0 Å². The number of pyridine rings is 1. The third-order valence-electron chi connectivity index (χ3n) is 5.48. The van der Waals surface area contributed by atoms with Crippen LogP contribution in [0.15, 0.2) is 24.5 Å². The summed E-state index contributed by atoms with van der Waals surface area (Å²) in [7, 11) is 0. The normalized spacial score (nSPS) is 20.8. The van der Waals surface area contributed by atoms with E-state index in [0.717, 1.165) is 50.2 Å². The second-order valence-corrected chi connectivity index (χ2v) is 7.02. The second-order valence-electron chi connectivity index (χ2n) is 7.02. The summed E-state index contributed by atoms with van der Waals surface area (Å²) in [6.45, 7) is 4.07. The highest BCUT2D eigenvalue weighted by Gasteiger charge is 2.53. The molecule has 1 spiro atoms. The van der Waals surface area contributed by atoms with Crippen molar-refractivity contribution in [1.82, 2.24) is 15.0 Å². The lowest BCUT2D eigenvalue weighted by molar-refractivity contribution is 0.122. The number of fused-ring (bicyclic) bond motifs is 2. The van der Waals surface area contributed by atoms with E-state index in [1.807, 2.05) is 12.4 Å². The van der Waals surface area contributed by atoms with Crippen molar-refractivity contribution in [3.05, 3.63) is 35.9 Å². The number of anilines is 3. The van der Waals surface area contributed by atoms with Gasteiger partial charge in [0.1, 0.15) is 18.2 Å². The molecule has 25 heavy (non-hydrogen) atoms. The van der Waals surface area contributed by atoms with E-state index >= 15 is 0 Å². The summed E-state index contributed by atoms with van der Waals surface area (Å²) in [5, 5.41) is 9.38. The third-order valence-corrected chi connectivity index (χ3v) is 5.48. The molecule has 2 aliphatic heterocycles. The summed E-state index contributed by atoms with van der Waals surface area (Å²) >= 11 is 0. The highest BCUT2D eigenvalue weighted by molar-refractivity contribution is 5.70. The average molecular weight is 339 g/mol.